The van der Waals surface area contributed by atoms with Crippen molar-refractivity contribution in [2.75, 3.05) is 6.61 Å². The van der Waals surface area contributed by atoms with Crippen molar-refractivity contribution in [2.45, 2.75) is 64.3 Å². The standard InChI is InChI=1S/C20H30O5/c1-10-11-4-5-12-19(9-21)13(18(2,3)7-6-14(19)22)8-15(23)20(12,16(10)24)17(11)25/h11-15,17,21-23,25H,1,4-9H2,2-3H3/t11-,12?,13?,14-,15+,17+,19-,20?/m0/s1. The normalized spacial score (nSPS) is 54.2. The van der Waals surface area contributed by atoms with Crippen LogP contribution in [0.3, 0.4) is 0 Å². The predicted molar refractivity (Wildman–Crippen MR) is 91.5 cm³/mol. The van der Waals surface area contributed by atoms with Crippen LogP contribution >= 0.6 is 0 Å². The van der Waals surface area contributed by atoms with Crippen LogP contribution in [0.2, 0.25) is 0 Å². The number of carbonyl (C=O) groups excluding carboxylic acids is 1. The molecule has 4 saturated carbocycles. The first kappa shape index (κ1) is 17.7. The lowest BCUT2D eigenvalue weighted by molar-refractivity contribution is -0.267. The Bertz CT molecular complexity index is 628. The summed E-state index contributed by atoms with van der Waals surface area (Å²) in [4.78, 5) is 13.2. The fraction of sp³-hybridized carbons (Fsp3) is 0.850. The Hall–Kier alpha value is -0.750. The lowest BCUT2D eigenvalue weighted by Gasteiger charge is -2.66. The van der Waals surface area contributed by atoms with E-state index in [9.17, 15) is 25.2 Å². The zero-order valence-electron chi connectivity index (χ0n) is 15.1. The molecule has 0 radical (unpaired) electrons. The molecule has 1 spiro atoms. The molecule has 3 unspecified atom stereocenters. The number of aliphatic hydroxyl groups excluding tert-OH is 4. The molecule has 25 heavy (non-hydrogen) atoms. The molecule has 0 aromatic carbocycles. The molecule has 4 aliphatic rings. The van der Waals surface area contributed by atoms with Crippen molar-refractivity contribution in [1.29, 1.82) is 0 Å². The largest absolute Gasteiger partial charge is 0.396 e. The van der Waals surface area contributed by atoms with Crippen molar-refractivity contribution < 1.29 is 25.2 Å². The summed E-state index contributed by atoms with van der Waals surface area (Å²) in [7, 11) is 0. The fourth-order valence-electron chi connectivity index (χ4n) is 7.35. The molecule has 2 bridgehead atoms. The minimum Gasteiger partial charge on any atom is -0.396 e. The zero-order chi connectivity index (χ0) is 18.4. The molecule has 4 N–H and O–H groups in total. The summed E-state index contributed by atoms with van der Waals surface area (Å²) in [5, 5.41) is 43.7. The van der Waals surface area contributed by atoms with E-state index in [1.165, 1.54) is 0 Å². The van der Waals surface area contributed by atoms with Gasteiger partial charge in [0, 0.05) is 11.3 Å². The van der Waals surface area contributed by atoms with E-state index in [1.54, 1.807) is 0 Å². The van der Waals surface area contributed by atoms with Crippen LogP contribution < -0.4 is 0 Å². The Balaban J connectivity index is 1.94. The highest BCUT2D eigenvalue weighted by atomic mass is 16.3. The van der Waals surface area contributed by atoms with Gasteiger partial charge in [-0.1, -0.05) is 20.4 Å². The molecule has 4 fully saturated rings. The third-order valence-electron chi connectivity index (χ3n) is 8.55. The van der Waals surface area contributed by atoms with Gasteiger partial charge in [0.1, 0.15) is 0 Å². The first-order chi connectivity index (χ1) is 11.7. The van der Waals surface area contributed by atoms with E-state index in [0.29, 0.717) is 31.3 Å². The van der Waals surface area contributed by atoms with Crippen molar-refractivity contribution in [3.63, 3.8) is 0 Å². The number of ketones is 1. The molecule has 4 rings (SSSR count). The summed E-state index contributed by atoms with van der Waals surface area (Å²) in [6.45, 7) is 7.92. The Morgan fingerprint density at radius 3 is 2.40 bits per heavy atom. The maximum atomic E-state index is 13.2. The molecule has 0 heterocycles. The summed E-state index contributed by atoms with van der Waals surface area (Å²) in [5.41, 5.74) is -1.91. The second-order valence-electron chi connectivity index (χ2n) is 9.59. The van der Waals surface area contributed by atoms with E-state index in [-0.39, 0.29) is 29.6 Å². The van der Waals surface area contributed by atoms with Crippen LogP contribution in [0.4, 0.5) is 0 Å². The number of hydrogen-bond acceptors (Lipinski definition) is 5. The smallest absolute Gasteiger partial charge is 0.170 e. The Kier molecular flexibility index (Phi) is 3.64. The molecule has 0 aromatic rings. The first-order valence-electron chi connectivity index (χ1n) is 9.54. The van der Waals surface area contributed by atoms with Crippen LogP contribution in [0.5, 0.6) is 0 Å². The highest BCUT2D eigenvalue weighted by Gasteiger charge is 2.76. The summed E-state index contributed by atoms with van der Waals surface area (Å²) in [6.07, 6.45) is 0.291. The molecule has 5 nitrogen and oxygen atoms in total. The minimum atomic E-state index is -1.31. The first-order valence-corrected chi connectivity index (χ1v) is 9.54. The highest BCUT2D eigenvalue weighted by Crippen LogP contribution is 2.70. The van der Waals surface area contributed by atoms with Crippen LogP contribution in [-0.4, -0.2) is 51.1 Å². The van der Waals surface area contributed by atoms with Gasteiger partial charge in [-0.25, -0.2) is 0 Å². The Labute approximate surface area is 148 Å². The van der Waals surface area contributed by atoms with Crippen molar-refractivity contribution in [2.24, 2.45) is 34.0 Å². The lowest BCUT2D eigenvalue weighted by atomic mass is 9.38. The molecule has 8 atom stereocenters. The van der Waals surface area contributed by atoms with Gasteiger partial charge in [0.05, 0.1) is 30.3 Å². The van der Waals surface area contributed by atoms with Gasteiger partial charge in [-0.3, -0.25) is 4.79 Å². The predicted octanol–water partition coefficient (Wildman–Crippen LogP) is 1.04. The molecule has 0 aromatic heterocycles. The maximum Gasteiger partial charge on any atom is 0.170 e. The average Bonchev–Trinajstić information content (AvgIpc) is 2.68. The average molecular weight is 350 g/mol. The topological polar surface area (TPSA) is 98.0 Å². The molecule has 4 aliphatic carbocycles. The van der Waals surface area contributed by atoms with E-state index in [2.05, 4.69) is 20.4 Å². The third-order valence-corrected chi connectivity index (χ3v) is 8.55. The van der Waals surface area contributed by atoms with Crippen molar-refractivity contribution in [3.05, 3.63) is 12.2 Å². The van der Waals surface area contributed by atoms with Crippen LogP contribution in [-0.2, 0) is 4.79 Å². The summed E-state index contributed by atoms with van der Waals surface area (Å²) < 4.78 is 0. The van der Waals surface area contributed by atoms with Gasteiger partial charge < -0.3 is 20.4 Å². The quantitative estimate of drug-likeness (QED) is 0.530. The maximum absolute atomic E-state index is 13.2. The van der Waals surface area contributed by atoms with E-state index in [1.807, 2.05) is 0 Å². The van der Waals surface area contributed by atoms with Crippen LogP contribution in [0.25, 0.3) is 0 Å². The van der Waals surface area contributed by atoms with E-state index < -0.39 is 35.1 Å². The van der Waals surface area contributed by atoms with Crippen LogP contribution in [0.1, 0.15) is 46.0 Å². The van der Waals surface area contributed by atoms with Crippen molar-refractivity contribution >= 4 is 5.78 Å². The monoisotopic (exact) mass is 350 g/mol. The molecule has 0 amide bonds. The van der Waals surface area contributed by atoms with Crippen LogP contribution in [0.15, 0.2) is 12.2 Å². The summed E-state index contributed by atoms with van der Waals surface area (Å²) >= 11 is 0. The van der Waals surface area contributed by atoms with Gasteiger partial charge in [0.25, 0.3) is 0 Å². The second-order valence-corrected chi connectivity index (χ2v) is 9.59. The number of Topliss-reactive ketones (excluding diaryl/α,β-unsaturated/α-hetero) is 1. The molecular weight excluding hydrogens is 320 g/mol. The summed E-state index contributed by atoms with van der Waals surface area (Å²) in [6, 6.07) is 0. The molecule has 5 heteroatoms. The second kappa shape index (κ2) is 5.16. The lowest BCUT2D eigenvalue weighted by Crippen LogP contribution is -2.71. The zero-order valence-corrected chi connectivity index (χ0v) is 15.1. The van der Waals surface area contributed by atoms with Gasteiger partial charge in [-0.2, -0.15) is 0 Å². The SMILES string of the molecule is C=C1C(=O)C23C(CC[C@@H]1[C@H]2O)[C@@]1(CO)C(C[C@H]3O)C(C)(C)CC[C@@H]1O. The van der Waals surface area contributed by atoms with Crippen LogP contribution in [0, 0.1) is 34.0 Å². The van der Waals surface area contributed by atoms with E-state index in [4.69, 9.17) is 0 Å². The fourth-order valence-corrected chi connectivity index (χ4v) is 7.35. The highest BCUT2D eigenvalue weighted by molar-refractivity contribution is 6.04. The van der Waals surface area contributed by atoms with Crippen molar-refractivity contribution in [3.8, 4) is 0 Å². The molecular formula is C20H30O5. The van der Waals surface area contributed by atoms with Gasteiger partial charge in [-0.15, -0.1) is 0 Å². The Morgan fingerprint density at radius 1 is 1.08 bits per heavy atom. The van der Waals surface area contributed by atoms with Gasteiger partial charge in [0.2, 0.25) is 0 Å². The number of aliphatic hydroxyl groups is 4. The number of carbonyl (C=O) groups is 1. The van der Waals surface area contributed by atoms with E-state index >= 15 is 0 Å². The van der Waals surface area contributed by atoms with Gasteiger partial charge in [0.15, 0.2) is 5.78 Å². The number of hydrogen-bond donors (Lipinski definition) is 4. The molecule has 0 saturated heterocycles. The molecule has 140 valence electrons. The number of fused-ring (bicyclic) bond motifs is 3. The van der Waals surface area contributed by atoms with Gasteiger partial charge in [-0.05, 0) is 54.9 Å². The number of rotatable bonds is 1. The molecule has 0 aliphatic heterocycles. The third kappa shape index (κ3) is 1.76. The Morgan fingerprint density at radius 2 is 1.76 bits per heavy atom. The van der Waals surface area contributed by atoms with E-state index in [0.717, 1.165) is 6.42 Å². The summed E-state index contributed by atoms with van der Waals surface area (Å²) in [5.74, 6) is -1.07. The van der Waals surface area contributed by atoms with Gasteiger partial charge >= 0.3 is 0 Å². The van der Waals surface area contributed by atoms with Crippen molar-refractivity contribution in [1.82, 2.24) is 0 Å². The minimum absolute atomic E-state index is 0.0928.